The van der Waals surface area contributed by atoms with Gasteiger partial charge in [-0.25, -0.2) is 4.98 Å². The highest BCUT2D eigenvalue weighted by Gasteiger charge is 2.06. The van der Waals surface area contributed by atoms with Crippen molar-refractivity contribution < 1.29 is 0 Å². The minimum Gasteiger partial charge on any atom is -0.327 e. The number of halogens is 1. The Labute approximate surface area is 88.5 Å². The third-order valence-electron chi connectivity index (χ3n) is 2.36. The van der Waals surface area contributed by atoms with Crippen LogP contribution in [0.4, 0.5) is 0 Å². The molecule has 0 amide bonds. The molecule has 1 aromatic carbocycles. The van der Waals surface area contributed by atoms with Crippen molar-refractivity contribution in [2.45, 2.75) is 19.9 Å². The van der Waals surface area contributed by atoms with E-state index < -0.39 is 0 Å². The van der Waals surface area contributed by atoms with E-state index in [0.717, 1.165) is 24.3 Å². The van der Waals surface area contributed by atoms with Crippen molar-refractivity contribution in [1.82, 2.24) is 9.55 Å². The Balaban J connectivity index is 2.61. The first-order chi connectivity index (χ1) is 6.86. The van der Waals surface area contributed by atoms with Gasteiger partial charge in [-0.3, -0.25) is 0 Å². The average Bonchev–Trinajstić information content (AvgIpc) is 2.58. The van der Waals surface area contributed by atoms with Crippen LogP contribution >= 0.6 is 11.6 Å². The van der Waals surface area contributed by atoms with Gasteiger partial charge in [0.1, 0.15) is 5.82 Å². The van der Waals surface area contributed by atoms with Crippen LogP contribution in [0.15, 0.2) is 24.3 Å². The second kappa shape index (κ2) is 4.01. The highest BCUT2D eigenvalue weighted by atomic mass is 35.5. The smallest absolute Gasteiger partial charge is 0.109 e. The van der Waals surface area contributed by atoms with E-state index in [2.05, 4.69) is 22.5 Å². The molecule has 0 atom stereocenters. The van der Waals surface area contributed by atoms with Gasteiger partial charge in [0.25, 0.3) is 0 Å². The molecule has 0 radical (unpaired) electrons. The van der Waals surface area contributed by atoms with E-state index in [4.69, 9.17) is 11.6 Å². The number of aryl methyl sites for hydroxylation is 2. The molecule has 1 aromatic heterocycles. The summed E-state index contributed by atoms with van der Waals surface area (Å²) in [4.78, 5) is 4.55. The van der Waals surface area contributed by atoms with Gasteiger partial charge in [-0.1, -0.05) is 19.1 Å². The predicted octanol–water partition coefficient (Wildman–Crippen LogP) is 2.84. The predicted molar refractivity (Wildman–Crippen MR) is 59.8 cm³/mol. The largest absolute Gasteiger partial charge is 0.327 e. The zero-order valence-corrected chi connectivity index (χ0v) is 8.96. The van der Waals surface area contributed by atoms with Gasteiger partial charge in [0.05, 0.1) is 11.0 Å². The quantitative estimate of drug-likeness (QED) is 0.710. The Kier molecular flexibility index (Phi) is 2.73. The molecule has 0 aliphatic carbocycles. The molecule has 2 aromatic rings. The van der Waals surface area contributed by atoms with E-state index in [9.17, 15) is 0 Å². The van der Waals surface area contributed by atoms with Crippen molar-refractivity contribution in [3.05, 3.63) is 30.1 Å². The number of rotatable bonds is 3. The van der Waals surface area contributed by atoms with E-state index >= 15 is 0 Å². The van der Waals surface area contributed by atoms with E-state index in [0.29, 0.717) is 5.88 Å². The van der Waals surface area contributed by atoms with Crippen LogP contribution in [-0.2, 0) is 13.0 Å². The molecule has 0 N–H and O–H groups in total. The molecule has 74 valence electrons. The number of hydrogen-bond donors (Lipinski definition) is 0. The Morgan fingerprint density at radius 1 is 1.36 bits per heavy atom. The van der Waals surface area contributed by atoms with Crippen molar-refractivity contribution in [1.29, 1.82) is 0 Å². The monoisotopic (exact) mass is 208 g/mol. The Morgan fingerprint density at radius 2 is 2.14 bits per heavy atom. The van der Waals surface area contributed by atoms with Crippen LogP contribution in [0.1, 0.15) is 12.7 Å². The zero-order valence-electron chi connectivity index (χ0n) is 8.20. The van der Waals surface area contributed by atoms with Gasteiger partial charge in [-0.05, 0) is 12.1 Å². The third-order valence-corrected chi connectivity index (χ3v) is 2.53. The first kappa shape index (κ1) is 9.53. The molecule has 2 nitrogen and oxygen atoms in total. The summed E-state index contributed by atoms with van der Waals surface area (Å²) in [5.74, 6) is 1.75. The van der Waals surface area contributed by atoms with E-state index in [1.54, 1.807) is 0 Å². The number of alkyl halides is 1. The van der Waals surface area contributed by atoms with Gasteiger partial charge in [0.15, 0.2) is 0 Å². The number of hydrogen-bond acceptors (Lipinski definition) is 1. The average molecular weight is 209 g/mol. The molecular formula is C11H13ClN2. The summed E-state index contributed by atoms with van der Waals surface area (Å²) in [7, 11) is 0. The van der Waals surface area contributed by atoms with Crippen LogP contribution in [0.25, 0.3) is 11.0 Å². The maximum atomic E-state index is 5.77. The van der Waals surface area contributed by atoms with Crippen molar-refractivity contribution >= 4 is 22.6 Å². The Hall–Kier alpha value is -1.02. The second-order valence-corrected chi connectivity index (χ2v) is 3.59. The standard InChI is InChI=1S/C11H13ClN2/c1-2-11-13-9-5-3-4-6-10(9)14(11)8-7-12/h3-6H,2,7-8H2,1H3. The van der Waals surface area contributed by atoms with Crippen LogP contribution in [-0.4, -0.2) is 15.4 Å². The van der Waals surface area contributed by atoms with Crippen LogP contribution < -0.4 is 0 Å². The van der Waals surface area contributed by atoms with Gasteiger partial charge < -0.3 is 4.57 Å². The minimum absolute atomic E-state index is 0.632. The fourth-order valence-electron chi connectivity index (χ4n) is 1.73. The zero-order chi connectivity index (χ0) is 9.97. The van der Waals surface area contributed by atoms with Crippen molar-refractivity contribution in [3.8, 4) is 0 Å². The van der Waals surface area contributed by atoms with Crippen molar-refractivity contribution in [2.24, 2.45) is 0 Å². The molecule has 0 fully saturated rings. The van der Waals surface area contributed by atoms with Crippen molar-refractivity contribution in [2.75, 3.05) is 5.88 Å². The van der Waals surface area contributed by atoms with Crippen LogP contribution in [0.5, 0.6) is 0 Å². The summed E-state index contributed by atoms with van der Waals surface area (Å²) >= 11 is 5.77. The number of benzene rings is 1. The first-order valence-electron chi connectivity index (χ1n) is 4.87. The topological polar surface area (TPSA) is 17.8 Å². The number of imidazole rings is 1. The molecule has 1 heterocycles. The second-order valence-electron chi connectivity index (χ2n) is 3.21. The number of para-hydroxylation sites is 2. The molecule has 0 saturated carbocycles. The van der Waals surface area contributed by atoms with Crippen LogP contribution in [0, 0.1) is 0 Å². The van der Waals surface area contributed by atoms with Crippen LogP contribution in [0.2, 0.25) is 0 Å². The highest BCUT2D eigenvalue weighted by Crippen LogP contribution is 2.16. The summed E-state index contributed by atoms with van der Waals surface area (Å²) in [5.41, 5.74) is 2.25. The highest BCUT2D eigenvalue weighted by molar-refractivity contribution is 6.17. The summed E-state index contributed by atoms with van der Waals surface area (Å²) in [6.07, 6.45) is 0.950. The molecule has 0 spiro atoms. The molecule has 3 heteroatoms. The molecule has 0 bridgehead atoms. The molecule has 0 aliphatic heterocycles. The van der Waals surface area contributed by atoms with Gasteiger partial charge >= 0.3 is 0 Å². The van der Waals surface area contributed by atoms with Crippen molar-refractivity contribution in [3.63, 3.8) is 0 Å². The van der Waals surface area contributed by atoms with E-state index in [-0.39, 0.29) is 0 Å². The minimum atomic E-state index is 0.632. The summed E-state index contributed by atoms with van der Waals surface area (Å²) in [6.45, 7) is 2.96. The van der Waals surface area contributed by atoms with Gasteiger partial charge in [-0.2, -0.15) is 0 Å². The molecular weight excluding hydrogens is 196 g/mol. The van der Waals surface area contributed by atoms with Crippen LogP contribution in [0.3, 0.4) is 0 Å². The third kappa shape index (κ3) is 1.50. The van der Waals surface area contributed by atoms with Gasteiger partial charge in [0.2, 0.25) is 0 Å². The lowest BCUT2D eigenvalue weighted by Gasteiger charge is -2.04. The number of fused-ring (bicyclic) bond motifs is 1. The maximum absolute atomic E-state index is 5.77. The molecule has 14 heavy (non-hydrogen) atoms. The normalized spacial score (nSPS) is 11.0. The fourth-order valence-corrected chi connectivity index (χ4v) is 1.90. The molecule has 0 aliphatic rings. The maximum Gasteiger partial charge on any atom is 0.109 e. The Morgan fingerprint density at radius 3 is 2.86 bits per heavy atom. The summed E-state index contributed by atoms with van der Waals surface area (Å²) < 4.78 is 2.20. The molecule has 0 saturated heterocycles. The van der Waals surface area contributed by atoms with Gasteiger partial charge in [0, 0.05) is 18.8 Å². The SMILES string of the molecule is CCc1nc2ccccc2n1CCCl. The van der Waals surface area contributed by atoms with E-state index in [1.807, 2.05) is 18.2 Å². The summed E-state index contributed by atoms with van der Waals surface area (Å²) in [6, 6.07) is 8.18. The first-order valence-corrected chi connectivity index (χ1v) is 5.40. The Bertz CT molecular complexity index is 434. The lowest BCUT2D eigenvalue weighted by atomic mass is 10.3. The van der Waals surface area contributed by atoms with Gasteiger partial charge in [-0.15, -0.1) is 11.6 Å². The fraction of sp³-hybridized carbons (Fsp3) is 0.364. The lowest BCUT2D eigenvalue weighted by Crippen LogP contribution is -2.03. The summed E-state index contributed by atoms with van der Waals surface area (Å²) in [5, 5.41) is 0. The van der Waals surface area contributed by atoms with E-state index in [1.165, 1.54) is 5.52 Å². The number of nitrogens with zero attached hydrogens (tertiary/aromatic N) is 2. The lowest BCUT2D eigenvalue weighted by molar-refractivity contribution is 0.730. The molecule has 2 rings (SSSR count). The molecule has 0 unspecified atom stereocenters. The number of aromatic nitrogens is 2.